The van der Waals surface area contributed by atoms with Gasteiger partial charge in [0, 0.05) is 11.6 Å². The molecular weight excluding hydrogens is 508 g/mol. The lowest BCUT2D eigenvalue weighted by atomic mass is 9.80. The van der Waals surface area contributed by atoms with E-state index in [0.29, 0.717) is 35.7 Å². The molecule has 3 heterocycles. The van der Waals surface area contributed by atoms with Crippen LogP contribution in [0.5, 0.6) is 0 Å². The summed E-state index contributed by atoms with van der Waals surface area (Å²) in [6, 6.07) is 11.9. The summed E-state index contributed by atoms with van der Waals surface area (Å²) in [7, 11) is -4.51. The second-order valence-electron chi connectivity index (χ2n) is 9.82. The van der Waals surface area contributed by atoms with Crippen LogP contribution >= 0.6 is 0 Å². The molecule has 2 N–H and O–H groups in total. The summed E-state index contributed by atoms with van der Waals surface area (Å²) in [4.78, 5) is 45.0. The standard InChI is InChI=1S/C27H30N4O6S/c32-21-18-28-15-8-10-20(21)31(38(35,36)24-12-4-7-16-29-24)26(34)27(13-5-1-6-14-27)30-25(33)23-17-19-9-2-3-11-22(19)37-23/h2-4,7,9,11-12,16-17,20,28H,1,5-6,8,10,13-15,18H2,(H,30,33)/t20-/m0/s1. The maximum absolute atomic E-state index is 14.4. The fourth-order valence-electron chi connectivity index (χ4n) is 5.31. The van der Waals surface area contributed by atoms with Gasteiger partial charge in [0.25, 0.3) is 21.8 Å². The molecule has 2 amide bonds. The number of carbonyl (C=O) groups is 3. The maximum Gasteiger partial charge on any atom is 0.287 e. The molecular formula is C27H30N4O6S. The maximum atomic E-state index is 14.4. The van der Waals surface area contributed by atoms with Crippen LogP contribution < -0.4 is 10.6 Å². The summed E-state index contributed by atoms with van der Waals surface area (Å²) in [5.74, 6) is -1.80. The highest BCUT2D eigenvalue weighted by Gasteiger charge is 2.51. The molecule has 200 valence electrons. The number of sulfonamides is 1. The van der Waals surface area contributed by atoms with Crippen LogP contribution in [0.15, 0.2) is 64.2 Å². The molecule has 2 aliphatic rings. The van der Waals surface area contributed by atoms with E-state index in [2.05, 4.69) is 15.6 Å². The molecule has 0 radical (unpaired) electrons. The predicted molar refractivity (Wildman–Crippen MR) is 139 cm³/mol. The molecule has 10 nitrogen and oxygen atoms in total. The third kappa shape index (κ3) is 4.95. The molecule has 1 aliphatic carbocycles. The van der Waals surface area contributed by atoms with Crippen LogP contribution in [0.2, 0.25) is 0 Å². The van der Waals surface area contributed by atoms with Crippen molar-refractivity contribution >= 4 is 38.6 Å². The first kappa shape index (κ1) is 26.1. The van der Waals surface area contributed by atoms with Crippen molar-refractivity contribution < 1.29 is 27.2 Å². The van der Waals surface area contributed by atoms with Gasteiger partial charge in [0.1, 0.15) is 17.2 Å². The van der Waals surface area contributed by atoms with E-state index in [9.17, 15) is 22.8 Å². The number of furan rings is 1. The molecule has 1 atom stereocenters. The van der Waals surface area contributed by atoms with Gasteiger partial charge in [-0.25, -0.2) is 9.29 Å². The molecule has 1 aliphatic heterocycles. The molecule has 1 saturated carbocycles. The van der Waals surface area contributed by atoms with Gasteiger partial charge in [0.05, 0.1) is 6.54 Å². The molecule has 0 spiro atoms. The Morgan fingerprint density at radius 2 is 1.82 bits per heavy atom. The first-order chi connectivity index (χ1) is 18.3. The second kappa shape index (κ2) is 10.7. The van der Waals surface area contributed by atoms with E-state index >= 15 is 0 Å². The predicted octanol–water partition coefficient (Wildman–Crippen LogP) is 2.80. The largest absolute Gasteiger partial charge is 0.451 e. The van der Waals surface area contributed by atoms with Crippen molar-refractivity contribution in [3.05, 3.63) is 60.5 Å². The Bertz CT molecular complexity index is 1410. The SMILES string of the molecule is O=C(NC1(C(=O)N([C@H]2CCCNCC2=O)S(=O)(=O)c2ccccn2)CCCCC1)c1cc2ccccc2o1. The van der Waals surface area contributed by atoms with Gasteiger partial charge >= 0.3 is 0 Å². The molecule has 2 fully saturated rings. The quantitative estimate of drug-likeness (QED) is 0.489. The van der Waals surface area contributed by atoms with Crippen LogP contribution in [0.3, 0.4) is 0 Å². The topological polar surface area (TPSA) is 139 Å². The zero-order valence-electron chi connectivity index (χ0n) is 20.9. The number of para-hydroxylation sites is 1. The van der Waals surface area contributed by atoms with E-state index < -0.39 is 39.2 Å². The lowest BCUT2D eigenvalue weighted by Gasteiger charge is -2.41. The van der Waals surface area contributed by atoms with E-state index in [1.165, 1.54) is 18.3 Å². The molecule has 11 heteroatoms. The minimum absolute atomic E-state index is 0.0258. The van der Waals surface area contributed by atoms with E-state index in [1.807, 2.05) is 12.1 Å². The number of fused-ring (bicyclic) bond motifs is 1. The number of aromatic nitrogens is 1. The number of pyridine rings is 1. The first-order valence-corrected chi connectivity index (χ1v) is 14.3. The van der Waals surface area contributed by atoms with E-state index in [-0.39, 0.29) is 36.6 Å². The summed E-state index contributed by atoms with van der Waals surface area (Å²) in [5, 5.41) is 6.24. The van der Waals surface area contributed by atoms with Crippen LogP contribution in [0, 0.1) is 0 Å². The summed E-state index contributed by atoms with van der Waals surface area (Å²) in [6.07, 6.45) is 4.57. The number of ketones is 1. The molecule has 0 bridgehead atoms. The Kier molecular flexibility index (Phi) is 7.31. The molecule has 38 heavy (non-hydrogen) atoms. The number of hydrogen-bond acceptors (Lipinski definition) is 8. The van der Waals surface area contributed by atoms with Gasteiger partial charge in [0.15, 0.2) is 16.6 Å². The van der Waals surface area contributed by atoms with Gasteiger partial charge in [-0.15, -0.1) is 0 Å². The molecule has 0 unspecified atom stereocenters. The fourth-order valence-corrected chi connectivity index (χ4v) is 6.91. The van der Waals surface area contributed by atoms with Gasteiger partial charge < -0.3 is 15.1 Å². The van der Waals surface area contributed by atoms with Crippen LogP contribution in [0.4, 0.5) is 0 Å². The molecule has 1 aromatic carbocycles. The molecule has 2 aromatic heterocycles. The second-order valence-corrected chi connectivity index (χ2v) is 11.6. The van der Waals surface area contributed by atoms with Gasteiger partial charge in [-0.1, -0.05) is 43.5 Å². The Morgan fingerprint density at radius 3 is 2.55 bits per heavy atom. The van der Waals surface area contributed by atoms with Gasteiger partial charge in [-0.2, -0.15) is 8.42 Å². The van der Waals surface area contributed by atoms with Crippen molar-refractivity contribution in [2.45, 2.75) is 61.6 Å². The third-order valence-electron chi connectivity index (χ3n) is 7.26. The zero-order valence-corrected chi connectivity index (χ0v) is 21.7. The summed E-state index contributed by atoms with van der Waals surface area (Å²) < 4.78 is 34.3. The number of nitrogens with zero attached hydrogens (tertiary/aromatic N) is 2. The Hall–Kier alpha value is -3.57. The zero-order chi connectivity index (χ0) is 26.8. The lowest BCUT2D eigenvalue weighted by molar-refractivity contribution is -0.140. The summed E-state index contributed by atoms with van der Waals surface area (Å²) >= 11 is 0. The van der Waals surface area contributed by atoms with E-state index in [0.717, 1.165) is 11.8 Å². The molecule has 1 saturated heterocycles. The van der Waals surface area contributed by atoms with Crippen molar-refractivity contribution in [3.8, 4) is 0 Å². The number of rotatable bonds is 6. The van der Waals surface area contributed by atoms with Crippen molar-refractivity contribution in [1.82, 2.24) is 19.9 Å². The highest BCUT2D eigenvalue weighted by Crippen LogP contribution is 2.34. The van der Waals surface area contributed by atoms with E-state index in [1.54, 1.807) is 24.3 Å². The number of carbonyl (C=O) groups excluding carboxylic acids is 3. The average Bonchev–Trinajstić information content (AvgIpc) is 3.27. The smallest absolute Gasteiger partial charge is 0.287 e. The Morgan fingerprint density at radius 1 is 1.05 bits per heavy atom. The number of benzene rings is 1. The van der Waals surface area contributed by atoms with Crippen molar-refractivity contribution in [2.24, 2.45) is 0 Å². The summed E-state index contributed by atoms with van der Waals surface area (Å²) in [6.45, 7) is 0.479. The minimum atomic E-state index is -4.51. The van der Waals surface area contributed by atoms with Gasteiger partial charge in [-0.05, 0) is 56.5 Å². The van der Waals surface area contributed by atoms with Crippen LogP contribution in [0.25, 0.3) is 11.0 Å². The van der Waals surface area contributed by atoms with Crippen molar-refractivity contribution in [1.29, 1.82) is 0 Å². The van der Waals surface area contributed by atoms with Gasteiger partial charge in [0.2, 0.25) is 0 Å². The number of amides is 2. The fraction of sp³-hybridized carbons (Fsp3) is 0.407. The normalized spacial score (nSPS) is 20.0. The Balaban J connectivity index is 1.56. The van der Waals surface area contributed by atoms with Gasteiger partial charge in [-0.3, -0.25) is 14.4 Å². The third-order valence-corrected chi connectivity index (χ3v) is 8.97. The van der Waals surface area contributed by atoms with Crippen LogP contribution in [-0.2, 0) is 19.6 Å². The van der Waals surface area contributed by atoms with Crippen LogP contribution in [-0.4, -0.2) is 60.0 Å². The summed E-state index contributed by atoms with van der Waals surface area (Å²) in [5.41, 5.74) is -0.992. The first-order valence-electron chi connectivity index (χ1n) is 12.9. The lowest BCUT2D eigenvalue weighted by Crippen LogP contribution is -2.64. The number of hydrogen-bond donors (Lipinski definition) is 2. The molecule has 3 aromatic rings. The molecule has 5 rings (SSSR count). The van der Waals surface area contributed by atoms with Crippen LogP contribution in [0.1, 0.15) is 55.5 Å². The van der Waals surface area contributed by atoms with Crippen molar-refractivity contribution in [3.63, 3.8) is 0 Å². The van der Waals surface area contributed by atoms with Crippen molar-refractivity contribution in [2.75, 3.05) is 13.1 Å². The number of nitrogens with one attached hydrogen (secondary N) is 2. The monoisotopic (exact) mass is 538 g/mol. The minimum Gasteiger partial charge on any atom is -0.451 e. The highest BCUT2D eigenvalue weighted by atomic mass is 32.2. The number of Topliss-reactive ketones (excluding diaryl/α,β-unsaturated/α-hetero) is 1. The average molecular weight is 539 g/mol. The Labute approximate surface area is 220 Å². The highest BCUT2D eigenvalue weighted by molar-refractivity contribution is 7.89. The van der Waals surface area contributed by atoms with E-state index in [4.69, 9.17) is 4.42 Å².